The first-order valence-corrected chi connectivity index (χ1v) is 9.01. The molecule has 0 saturated carbocycles. The second kappa shape index (κ2) is 6.26. The molecule has 1 heterocycles. The lowest BCUT2D eigenvalue weighted by Gasteiger charge is -2.29. The zero-order chi connectivity index (χ0) is 17.3. The topological polar surface area (TPSA) is 89.7 Å². The van der Waals surface area contributed by atoms with Gasteiger partial charge in [-0.05, 0) is 35.7 Å². The number of hydrogen-bond donors (Lipinski definition) is 1. The van der Waals surface area contributed by atoms with Gasteiger partial charge in [-0.25, -0.2) is 13.6 Å². The number of carbonyl (C=O) groups excluding carboxylic acids is 1. The van der Waals surface area contributed by atoms with Crippen molar-refractivity contribution in [2.45, 2.75) is 17.9 Å². The van der Waals surface area contributed by atoms with E-state index < -0.39 is 10.0 Å². The maximum Gasteiger partial charge on any atom is 0.254 e. The number of nitrogens with two attached hydrogens (primary N) is 1. The lowest BCUT2D eigenvalue weighted by molar-refractivity contribution is 0.0734. The number of sulfonamides is 1. The van der Waals surface area contributed by atoms with Crippen LogP contribution in [-0.4, -0.2) is 32.9 Å². The Balaban J connectivity index is 1.91. The molecule has 0 unspecified atom stereocenters. The molecule has 1 aliphatic heterocycles. The normalized spacial score (nSPS) is 14.2. The fourth-order valence-corrected chi connectivity index (χ4v) is 3.61. The molecule has 0 aromatic heterocycles. The average Bonchev–Trinajstić information content (AvgIpc) is 2.59. The Morgan fingerprint density at radius 2 is 1.88 bits per heavy atom. The second-order valence-electron chi connectivity index (χ2n) is 5.66. The summed E-state index contributed by atoms with van der Waals surface area (Å²) in [5.41, 5.74) is 2.62. The van der Waals surface area contributed by atoms with E-state index in [2.05, 4.69) is 6.07 Å². The molecule has 0 atom stereocenters. The summed E-state index contributed by atoms with van der Waals surface area (Å²) in [6.45, 7) is 1.10. The van der Waals surface area contributed by atoms with Crippen molar-refractivity contribution in [3.63, 3.8) is 0 Å². The van der Waals surface area contributed by atoms with Gasteiger partial charge in [-0.1, -0.05) is 24.3 Å². The minimum Gasteiger partial charge on any atom is -0.495 e. The Kier molecular flexibility index (Phi) is 4.29. The zero-order valence-electron chi connectivity index (χ0n) is 13.2. The van der Waals surface area contributed by atoms with Crippen LogP contribution in [0.15, 0.2) is 47.4 Å². The summed E-state index contributed by atoms with van der Waals surface area (Å²) < 4.78 is 28.4. The molecule has 1 amide bonds. The van der Waals surface area contributed by atoms with E-state index in [0.29, 0.717) is 13.1 Å². The largest absolute Gasteiger partial charge is 0.495 e. The SMILES string of the molecule is COc1ccc(C(=O)N2CCc3ccccc3C2)cc1S(N)(=O)=O. The molecule has 0 fully saturated rings. The van der Waals surface area contributed by atoms with Gasteiger partial charge >= 0.3 is 0 Å². The highest BCUT2D eigenvalue weighted by atomic mass is 32.2. The molecule has 126 valence electrons. The van der Waals surface area contributed by atoms with Crippen molar-refractivity contribution in [1.82, 2.24) is 4.90 Å². The molecule has 0 saturated heterocycles. The molecule has 0 bridgehead atoms. The number of nitrogens with zero attached hydrogens (tertiary/aromatic N) is 1. The fourth-order valence-electron chi connectivity index (χ4n) is 2.88. The van der Waals surface area contributed by atoms with Gasteiger partial charge in [0.05, 0.1) is 7.11 Å². The van der Waals surface area contributed by atoms with Crippen LogP contribution in [0.25, 0.3) is 0 Å². The first-order valence-electron chi connectivity index (χ1n) is 7.47. The van der Waals surface area contributed by atoms with E-state index in [1.54, 1.807) is 11.0 Å². The number of rotatable bonds is 3. The molecule has 0 spiro atoms. The van der Waals surface area contributed by atoms with Crippen LogP contribution in [-0.2, 0) is 23.0 Å². The van der Waals surface area contributed by atoms with Gasteiger partial charge in [-0.15, -0.1) is 0 Å². The zero-order valence-corrected chi connectivity index (χ0v) is 14.0. The standard InChI is InChI=1S/C17H18N2O4S/c1-23-15-7-6-13(10-16(15)24(18,21)22)17(20)19-9-8-12-4-2-3-5-14(12)11-19/h2-7,10H,8-9,11H2,1H3,(H2,18,21,22). The Labute approximate surface area is 140 Å². The van der Waals surface area contributed by atoms with E-state index in [1.807, 2.05) is 18.2 Å². The van der Waals surface area contributed by atoms with Crippen molar-refractivity contribution in [2.75, 3.05) is 13.7 Å². The van der Waals surface area contributed by atoms with Crippen LogP contribution in [0.5, 0.6) is 5.75 Å². The van der Waals surface area contributed by atoms with Crippen LogP contribution < -0.4 is 9.88 Å². The summed E-state index contributed by atoms with van der Waals surface area (Å²) >= 11 is 0. The number of benzene rings is 2. The number of methoxy groups -OCH3 is 1. The Bertz CT molecular complexity index is 893. The first-order chi connectivity index (χ1) is 11.4. The predicted octanol–water partition coefficient (Wildman–Crippen LogP) is 1.54. The number of primary sulfonamides is 1. The Morgan fingerprint density at radius 3 is 2.54 bits per heavy atom. The van der Waals surface area contributed by atoms with E-state index in [4.69, 9.17) is 9.88 Å². The van der Waals surface area contributed by atoms with Crippen LogP contribution in [0, 0.1) is 0 Å². The molecule has 1 aliphatic rings. The summed E-state index contributed by atoms with van der Waals surface area (Å²) in [7, 11) is -2.62. The molecule has 2 aromatic carbocycles. The highest BCUT2D eigenvalue weighted by Crippen LogP contribution is 2.26. The van der Waals surface area contributed by atoms with Crippen molar-refractivity contribution in [1.29, 1.82) is 0 Å². The monoisotopic (exact) mass is 346 g/mol. The number of ether oxygens (including phenoxy) is 1. The summed E-state index contributed by atoms with van der Waals surface area (Å²) in [6.07, 6.45) is 0.778. The summed E-state index contributed by atoms with van der Waals surface area (Å²) in [5.74, 6) is -0.102. The van der Waals surface area contributed by atoms with Crippen LogP contribution in [0.2, 0.25) is 0 Å². The number of hydrogen-bond acceptors (Lipinski definition) is 4. The van der Waals surface area contributed by atoms with Crippen molar-refractivity contribution in [3.05, 3.63) is 59.2 Å². The third-order valence-electron chi connectivity index (χ3n) is 4.13. The van der Waals surface area contributed by atoms with E-state index in [0.717, 1.165) is 12.0 Å². The molecule has 0 aliphatic carbocycles. The molecule has 24 heavy (non-hydrogen) atoms. The maximum absolute atomic E-state index is 12.7. The highest BCUT2D eigenvalue weighted by molar-refractivity contribution is 7.89. The Hall–Kier alpha value is -2.38. The van der Waals surface area contributed by atoms with Crippen molar-refractivity contribution >= 4 is 15.9 Å². The van der Waals surface area contributed by atoms with E-state index >= 15 is 0 Å². The molecule has 3 rings (SSSR count). The van der Waals surface area contributed by atoms with Crippen molar-refractivity contribution in [2.24, 2.45) is 5.14 Å². The van der Waals surface area contributed by atoms with Crippen LogP contribution >= 0.6 is 0 Å². The minimum atomic E-state index is -3.98. The lowest BCUT2D eigenvalue weighted by Crippen LogP contribution is -2.36. The van der Waals surface area contributed by atoms with Crippen LogP contribution in [0.4, 0.5) is 0 Å². The van der Waals surface area contributed by atoms with Crippen LogP contribution in [0.3, 0.4) is 0 Å². The summed E-state index contributed by atoms with van der Waals surface area (Å²) in [4.78, 5) is 14.3. The molecular weight excluding hydrogens is 328 g/mol. The van der Waals surface area contributed by atoms with Gasteiger partial charge in [0.1, 0.15) is 10.6 Å². The van der Waals surface area contributed by atoms with Gasteiger partial charge in [0.2, 0.25) is 10.0 Å². The van der Waals surface area contributed by atoms with E-state index in [-0.39, 0.29) is 22.1 Å². The van der Waals surface area contributed by atoms with Crippen molar-refractivity contribution < 1.29 is 17.9 Å². The van der Waals surface area contributed by atoms with Crippen LogP contribution in [0.1, 0.15) is 21.5 Å². The average molecular weight is 346 g/mol. The number of fused-ring (bicyclic) bond motifs is 1. The molecular formula is C17H18N2O4S. The number of amides is 1. The quantitative estimate of drug-likeness (QED) is 0.913. The minimum absolute atomic E-state index is 0.123. The second-order valence-corrected chi connectivity index (χ2v) is 7.19. The maximum atomic E-state index is 12.7. The molecule has 0 radical (unpaired) electrons. The molecule has 2 N–H and O–H groups in total. The fraction of sp³-hybridized carbons (Fsp3) is 0.235. The first kappa shape index (κ1) is 16.5. The van der Waals surface area contributed by atoms with Gasteiger partial charge < -0.3 is 9.64 Å². The summed E-state index contributed by atoms with van der Waals surface area (Å²) in [6, 6.07) is 12.3. The Morgan fingerprint density at radius 1 is 1.17 bits per heavy atom. The highest BCUT2D eigenvalue weighted by Gasteiger charge is 2.24. The van der Waals surface area contributed by atoms with Gasteiger partial charge in [-0.2, -0.15) is 0 Å². The third kappa shape index (κ3) is 3.13. The van der Waals surface area contributed by atoms with Gasteiger partial charge in [0.25, 0.3) is 5.91 Å². The van der Waals surface area contributed by atoms with Crippen molar-refractivity contribution in [3.8, 4) is 5.75 Å². The smallest absolute Gasteiger partial charge is 0.254 e. The molecule has 2 aromatic rings. The molecule has 6 nitrogen and oxygen atoms in total. The van der Waals surface area contributed by atoms with Gasteiger partial charge in [0.15, 0.2) is 0 Å². The van der Waals surface area contributed by atoms with E-state index in [9.17, 15) is 13.2 Å². The van der Waals surface area contributed by atoms with Gasteiger partial charge in [0, 0.05) is 18.7 Å². The molecule has 7 heteroatoms. The van der Waals surface area contributed by atoms with E-state index in [1.165, 1.54) is 24.8 Å². The summed E-state index contributed by atoms with van der Waals surface area (Å²) in [5, 5.41) is 5.21. The third-order valence-corrected chi connectivity index (χ3v) is 5.07. The lowest BCUT2D eigenvalue weighted by atomic mass is 9.99. The predicted molar refractivity (Wildman–Crippen MR) is 89.3 cm³/mol. The van der Waals surface area contributed by atoms with Gasteiger partial charge in [-0.3, -0.25) is 4.79 Å². The number of carbonyl (C=O) groups is 1.